The molecule has 0 unspecified atom stereocenters. The van der Waals surface area contributed by atoms with Gasteiger partial charge in [-0.3, -0.25) is 0 Å². The van der Waals surface area contributed by atoms with Crippen LogP contribution in [0.4, 0.5) is 0 Å². The average Bonchev–Trinajstić information content (AvgIpc) is 3.11. The Bertz CT molecular complexity index is 640. The van der Waals surface area contributed by atoms with Crippen molar-refractivity contribution in [1.29, 1.82) is 0 Å². The van der Waals surface area contributed by atoms with Crippen molar-refractivity contribution in [2.45, 2.75) is 90.3 Å². The Labute approximate surface area is 166 Å². The van der Waals surface area contributed by atoms with Gasteiger partial charge in [0.1, 0.15) is 0 Å². The van der Waals surface area contributed by atoms with E-state index in [1.54, 1.807) is 0 Å². The Balaban J connectivity index is 1.48. The summed E-state index contributed by atoms with van der Waals surface area (Å²) < 4.78 is 6.22. The maximum absolute atomic E-state index is 11.3. The standard InChI is InChI=1S/C25H40O2/c1-6-11-24(4,26)20-8-7-18-17-14-21(27-5)25-15-16(25)9-13-23(25,3)19(17)10-12-22(18,20)2/h6,16-21,26H,1,7-15H2,2-5H3/t16-,17+,18+,19+,20+,21-,22+,23-,24+,25+/m1/s1. The van der Waals surface area contributed by atoms with Gasteiger partial charge in [0.05, 0.1) is 11.7 Å². The molecule has 5 saturated carbocycles. The molecule has 0 saturated heterocycles. The van der Waals surface area contributed by atoms with Crippen LogP contribution in [0.25, 0.3) is 0 Å². The molecule has 10 atom stereocenters. The fourth-order valence-corrected chi connectivity index (χ4v) is 10.0. The van der Waals surface area contributed by atoms with Gasteiger partial charge in [-0.15, -0.1) is 6.58 Å². The van der Waals surface area contributed by atoms with Crippen molar-refractivity contribution < 1.29 is 9.84 Å². The van der Waals surface area contributed by atoms with Crippen LogP contribution in [-0.4, -0.2) is 23.9 Å². The third kappa shape index (κ3) is 2.10. The second-order valence-electron chi connectivity index (χ2n) is 11.8. The molecule has 5 aliphatic carbocycles. The van der Waals surface area contributed by atoms with Crippen LogP contribution in [0.1, 0.15) is 78.6 Å². The molecule has 2 nitrogen and oxygen atoms in total. The first-order valence-electron chi connectivity index (χ1n) is 11.6. The predicted octanol–water partition coefficient (Wildman–Crippen LogP) is 5.60. The lowest BCUT2D eigenvalue weighted by molar-refractivity contribution is -0.168. The minimum Gasteiger partial charge on any atom is -0.390 e. The molecule has 2 heteroatoms. The maximum atomic E-state index is 11.3. The summed E-state index contributed by atoms with van der Waals surface area (Å²) in [7, 11) is 1.97. The zero-order valence-corrected chi connectivity index (χ0v) is 18.0. The number of fused-ring (bicyclic) bond motifs is 4. The zero-order valence-electron chi connectivity index (χ0n) is 18.0. The minimum absolute atomic E-state index is 0.286. The van der Waals surface area contributed by atoms with Crippen molar-refractivity contribution in [3.63, 3.8) is 0 Å². The van der Waals surface area contributed by atoms with Crippen LogP contribution in [0.5, 0.6) is 0 Å². The van der Waals surface area contributed by atoms with E-state index in [1.807, 2.05) is 13.2 Å². The van der Waals surface area contributed by atoms with Crippen LogP contribution in [0.2, 0.25) is 0 Å². The molecule has 0 aromatic carbocycles. The number of rotatable bonds is 4. The molecule has 5 rings (SSSR count). The van der Waals surface area contributed by atoms with Crippen molar-refractivity contribution in [2.24, 2.45) is 45.8 Å². The number of aliphatic hydroxyl groups is 1. The van der Waals surface area contributed by atoms with Gasteiger partial charge in [0.25, 0.3) is 0 Å². The molecule has 0 radical (unpaired) electrons. The van der Waals surface area contributed by atoms with Crippen molar-refractivity contribution in [3.8, 4) is 0 Å². The molecular formula is C25H40O2. The second-order valence-corrected chi connectivity index (χ2v) is 11.8. The Morgan fingerprint density at radius 2 is 1.93 bits per heavy atom. The second kappa shape index (κ2) is 5.63. The van der Waals surface area contributed by atoms with E-state index in [0.29, 0.717) is 22.9 Å². The molecule has 1 spiro atoms. The van der Waals surface area contributed by atoms with E-state index in [9.17, 15) is 5.11 Å². The summed E-state index contributed by atoms with van der Waals surface area (Å²) in [6.45, 7) is 11.1. The van der Waals surface area contributed by atoms with Crippen LogP contribution >= 0.6 is 0 Å². The summed E-state index contributed by atoms with van der Waals surface area (Å²) in [5.41, 5.74) is 0.704. The summed E-state index contributed by atoms with van der Waals surface area (Å²) in [5, 5.41) is 11.3. The zero-order chi connectivity index (χ0) is 19.2. The largest absolute Gasteiger partial charge is 0.390 e. The highest BCUT2D eigenvalue weighted by molar-refractivity contribution is 5.26. The Morgan fingerprint density at radius 3 is 2.59 bits per heavy atom. The minimum atomic E-state index is -0.604. The summed E-state index contributed by atoms with van der Waals surface area (Å²) in [4.78, 5) is 0. The lowest BCUT2D eigenvalue weighted by atomic mass is 9.45. The summed E-state index contributed by atoms with van der Waals surface area (Å²) in [6, 6.07) is 0. The lowest BCUT2D eigenvalue weighted by Crippen LogP contribution is -2.57. The Hall–Kier alpha value is -0.340. The molecule has 0 amide bonds. The van der Waals surface area contributed by atoms with Gasteiger partial charge in [-0.05, 0) is 105 Å². The van der Waals surface area contributed by atoms with Gasteiger partial charge < -0.3 is 9.84 Å². The van der Waals surface area contributed by atoms with Gasteiger partial charge in [-0.1, -0.05) is 19.9 Å². The fraction of sp³-hybridized carbons (Fsp3) is 0.920. The van der Waals surface area contributed by atoms with E-state index in [-0.39, 0.29) is 5.41 Å². The average molecular weight is 373 g/mol. The Kier molecular flexibility index (Phi) is 3.89. The van der Waals surface area contributed by atoms with Crippen LogP contribution in [0.15, 0.2) is 12.7 Å². The number of ether oxygens (including phenoxy) is 1. The third-order valence-corrected chi connectivity index (χ3v) is 11.1. The van der Waals surface area contributed by atoms with Crippen LogP contribution in [-0.2, 0) is 4.74 Å². The molecule has 0 bridgehead atoms. The van der Waals surface area contributed by atoms with Gasteiger partial charge in [0, 0.05) is 12.5 Å². The first-order chi connectivity index (χ1) is 12.7. The lowest BCUT2D eigenvalue weighted by Gasteiger charge is -2.61. The molecule has 1 N–H and O–H groups in total. The number of hydrogen-bond acceptors (Lipinski definition) is 2. The first-order valence-corrected chi connectivity index (χ1v) is 11.6. The molecule has 0 heterocycles. The fourth-order valence-electron chi connectivity index (χ4n) is 10.0. The van der Waals surface area contributed by atoms with Crippen molar-refractivity contribution in [2.75, 3.05) is 7.11 Å². The van der Waals surface area contributed by atoms with Gasteiger partial charge >= 0.3 is 0 Å². The van der Waals surface area contributed by atoms with E-state index in [4.69, 9.17) is 4.74 Å². The molecule has 0 aromatic heterocycles. The summed E-state index contributed by atoms with van der Waals surface area (Å²) >= 11 is 0. The van der Waals surface area contributed by atoms with Crippen LogP contribution in [0.3, 0.4) is 0 Å². The van der Waals surface area contributed by atoms with Crippen molar-refractivity contribution in [3.05, 3.63) is 12.7 Å². The molecular weight excluding hydrogens is 332 g/mol. The highest BCUT2D eigenvalue weighted by Gasteiger charge is 2.77. The van der Waals surface area contributed by atoms with E-state index < -0.39 is 5.60 Å². The number of methoxy groups -OCH3 is 1. The molecule has 152 valence electrons. The van der Waals surface area contributed by atoms with Crippen molar-refractivity contribution >= 4 is 0 Å². The summed E-state index contributed by atoms with van der Waals surface area (Å²) in [5.74, 6) is 3.82. The quantitative estimate of drug-likeness (QED) is 0.651. The first kappa shape index (κ1) is 18.7. The van der Waals surface area contributed by atoms with Crippen LogP contribution in [0, 0.1) is 45.8 Å². The molecule has 0 aliphatic heterocycles. The highest BCUT2D eigenvalue weighted by Crippen LogP contribution is 2.82. The summed E-state index contributed by atoms with van der Waals surface area (Å²) in [6.07, 6.45) is 13.9. The topological polar surface area (TPSA) is 29.5 Å². The molecule has 5 fully saturated rings. The smallest absolute Gasteiger partial charge is 0.0687 e. The van der Waals surface area contributed by atoms with E-state index in [0.717, 1.165) is 30.1 Å². The van der Waals surface area contributed by atoms with Gasteiger partial charge in [-0.2, -0.15) is 0 Å². The normalized spacial score (nSPS) is 57.8. The maximum Gasteiger partial charge on any atom is 0.0687 e. The molecule has 27 heavy (non-hydrogen) atoms. The molecule has 0 aromatic rings. The number of hydrogen-bond donors (Lipinski definition) is 1. The molecule has 5 aliphatic rings. The SMILES string of the molecule is C=CC[C@](C)(O)[C@H]1CC[C@H]2[C@@H]3C[C@@H](OC)[C@]45C[C@H]4CC[C@]5(C)[C@H]3CC[C@@]21C. The van der Waals surface area contributed by atoms with Crippen LogP contribution < -0.4 is 0 Å². The van der Waals surface area contributed by atoms with E-state index in [2.05, 4.69) is 27.4 Å². The third-order valence-electron chi connectivity index (χ3n) is 11.1. The van der Waals surface area contributed by atoms with Crippen molar-refractivity contribution in [1.82, 2.24) is 0 Å². The van der Waals surface area contributed by atoms with Gasteiger partial charge in [-0.25, -0.2) is 0 Å². The predicted molar refractivity (Wildman–Crippen MR) is 109 cm³/mol. The Morgan fingerprint density at radius 1 is 1.15 bits per heavy atom. The highest BCUT2D eigenvalue weighted by atomic mass is 16.5. The van der Waals surface area contributed by atoms with E-state index in [1.165, 1.54) is 51.4 Å². The van der Waals surface area contributed by atoms with Gasteiger partial charge in [0.15, 0.2) is 0 Å². The van der Waals surface area contributed by atoms with E-state index >= 15 is 0 Å². The van der Waals surface area contributed by atoms with Gasteiger partial charge in [0.2, 0.25) is 0 Å². The monoisotopic (exact) mass is 372 g/mol.